The molecule has 0 saturated heterocycles. The molecule has 0 radical (unpaired) electrons. The molecule has 25 heavy (non-hydrogen) atoms. The normalized spacial score (nSPS) is 12.2. The SMILES string of the molecule is CCCCC(NC(=O)OC(C)(C)C)C(=O)NNC(=O)CCCCCN. The average Bonchev–Trinajstić information content (AvgIpc) is 2.51. The van der Waals surface area contributed by atoms with Crippen molar-refractivity contribution >= 4 is 17.9 Å². The summed E-state index contributed by atoms with van der Waals surface area (Å²) >= 11 is 0. The number of nitrogens with one attached hydrogen (secondary N) is 3. The fourth-order valence-electron chi connectivity index (χ4n) is 2.01. The van der Waals surface area contributed by atoms with Crippen molar-refractivity contribution < 1.29 is 19.1 Å². The molecule has 3 amide bonds. The number of ether oxygens (including phenoxy) is 1. The first-order chi connectivity index (χ1) is 11.7. The number of amides is 3. The van der Waals surface area contributed by atoms with Crippen LogP contribution in [0.2, 0.25) is 0 Å². The van der Waals surface area contributed by atoms with Gasteiger partial charge in [0.05, 0.1) is 0 Å². The summed E-state index contributed by atoms with van der Waals surface area (Å²) in [6.07, 6.45) is 4.24. The summed E-state index contributed by atoms with van der Waals surface area (Å²) in [4.78, 5) is 35.8. The number of hydrogen-bond donors (Lipinski definition) is 4. The van der Waals surface area contributed by atoms with Gasteiger partial charge in [-0.25, -0.2) is 4.79 Å². The lowest BCUT2D eigenvalue weighted by Crippen LogP contribution is -2.53. The van der Waals surface area contributed by atoms with Crippen LogP contribution in [0, 0.1) is 0 Å². The zero-order valence-electron chi connectivity index (χ0n) is 15.9. The van der Waals surface area contributed by atoms with Crippen LogP contribution in [-0.2, 0) is 14.3 Å². The maximum Gasteiger partial charge on any atom is 0.408 e. The molecule has 8 nitrogen and oxygen atoms in total. The number of hydrogen-bond acceptors (Lipinski definition) is 5. The van der Waals surface area contributed by atoms with Gasteiger partial charge in [-0.3, -0.25) is 20.4 Å². The molecule has 8 heteroatoms. The molecule has 0 aliphatic carbocycles. The van der Waals surface area contributed by atoms with Gasteiger partial charge >= 0.3 is 6.09 Å². The van der Waals surface area contributed by atoms with E-state index in [2.05, 4.69) is 16.2 Å². The minimum atomic E-state index is -0.757. The Kier molecular flexibility index (Phi) is 11.6. The molecule has 0 heterocycles. The van der Waals surface area contributed by atoms with Crippen molar-refractivity contribution in [2.24, 2.45) is 5.73 Å². The van der Waals surface area contributed by atoms with Crippen LogP contribution < -0.4 is 21.9 Å². The highest BCUT2D eigenvalue weighted by molar-refractivity contribution is 5.87. The Morgan fingerprint density at radius 3 is 2.28 bits per heavy atom. The van der Waals surface area contributed by atoms with E-state index in [1.54, 1.807) is 20.8 Å². The Morgan fingerprint density at radius 1 is 1.04 bits per heavy atom. The summed E-state index contributed by atoms with van der Waals surface area (Å²) in [5.74, 6) is -0.730. The number of carbonyl (C=O) groups excluding carboxylic acids is 3. The fourth-order valence-corrected chi connectivity index (χ4v) is 2.01. The lowest BCUT2D eigenvalue weighted by Gasteiger charge is -2.23. The van der Waals surface area contributed by atoms with Crippen LogP contribution >= 0.6 is 0 Å². The zero-order chi connectivity index (χ0) is 19.3. The van der Waals surface area contributed by atoms with Crippen molar-refractivity contribution in [1.82, 2.24) is 16.2 Å². The second-order valence-electron chi connectivity index (χ2n) is 6.98. The first-order valence-corrected chi connectivity index (χ1v) is 8.98. The van der Waals surface area contributed by atoms with Crippen molar-refractivity contribution in [2.45, 2.75) is 84.3 Å². The van der Waals surface area contributed by atoms with E-state index in [1.807, 2.05) is 6.92 Å². The number of alkyl carbamates (subject to hydrolysis) is 1. The molecule has 0 spiro atoms. The van der Waals surface area contributed by atoms with Crippen LogP contribution in [0.15, 0.2) is 0 Å². The summed E-state index contributed by atoms with van der Waals surface area (Å²) < 4.78 is 5.17. The predicted octanol–water partition coefficient (Wildman–Crippen LogP) is 1.74. The quantitative estimate of drug-likeness (QED) is 0.350. The van der Waals surface area contributed by atoms with Crippen molar-refractivity contribution in [2.75, 3.05) is 6.54 Å². The Morgan fingerprint density at radius 2 is 1.72 bits per heavy atom. The van der Waals surface area contributed by atoms with E-state index in [4.69, 9.17) is 10.5 Å². The van der Waals surface area contributed by atoms with Gasteiger partial charge in [0.2, 0.25) is 5.91 Å². The number of carbonyl (C=O) groups is 3. The largest absolute Gasteiger partial charge is 0.444 e. The van der Waals surface area contributed by atoms with E-state index < -0.39 is 23.6 Å². The fraction of sp³-hybridized carbons (Fsp3) is 0.824. The van der Waals surface area contributed by atoms with E-state index in [9.17, 15) is 14.4 Å². The molecule has 1 atom stereocenters. The molecule has 146 valence electrons. The van der Waals surface area contributed by atoms with E-state index in [0.717, 1.165) is 25.7 Å². The van der Waals surface area contributed by atoms with Crippen LogP contribution in [0.3, 0.4) is 0 Å². The third-order valence-corrected chi connectivity index (χ3v) is 3.29. The van der Waals surface area contributed by atoms with Crippen LogP contribution in [-0.4, -0.2) is 36.1 Å². The minimum Gasteiger partial charge on any atom is -0.444 e. The monoisotopic (exact) mass is 358 g/mol. The summed E-state index contributed by atoms with van der Waals surface area (Å²) in [6.45, 7) is 7.84. The molecule has 0 bridgehead atoms. The number of nitrogens with two attached hydrogens (primary N) is 1. The highest BCUT2D eigenvalue weighted by atomic mass is 16.6. The van der Waals surface area contributed by atoms with Gasteiger partial charge in [-0.15, -0.1) is 0 Å². The first kappa shape index (κ1) is 23.2. The van der Waals surface area contributed by atoms with Gasteiger partial charge in [-0.05, 0) is 46.6 Å². The third kappa shape index (κ3) is 13.2. The Hall–Kier alpha value is -1.83. The van der Waals surface area contributed by atoms with Crippen molar-refractivity contribution in [3.05, 3.63) is 0 Å². The highest BCUT2D eigenvalue weighted by Crippen LogP contribution is 2.08. The van der Waals surface area contributed by atoms with Crippen molar-refractivity contribution in [3.63, 3.8) is 0 Å². The van der Waals surface area contributed by atoms with E-state index in [-0.39, 0.29) is 5.91 Å². The maximum absolute atomic E-state index is 12.2. The number of unbranched alkanes of at least 4 members (excludes halogenated alkanes) is 3. The molecule has 0 aromatic rings. The van der Waals surface area contributed by atoms with Gasteiger partial charge in [-0.1, -0.05) is 26.2 Å². The Bertz CT molecular complexity index is 421. The second-order valence-corrected chi connectivity index (χ2v) is 6.98. The standard InChI is InChI=1S/C17H34N4O4/c1-5-6-10-13(19-16(24)25-17(2,3)4)15(23)21-20-14(22)11-8-7-9-12-18/h13H,5-12,18H2,1-4H3,(H,19,24)(H,20,22)(H,21,23). The average molecular weight is 358 g/mol. The van der Waals surface area contributed by atoms with Gasteiger partial charge in [-0.2, -0.15) is 0 Å². The summed E-state index contributed by atoms with van der Waals surface area (Å²) in [6, 6.07) is -0.757. The molecule has 0 saturated carbocycles. The number of hydrazine groups is 1. The lowest BCUT2D eigenvalue weighted by atomic mass is 10.1. The van der Waals surface area contributed by atoms with Gasteiger partial charge in [0.25, 0.3) is 5.91 Å². The molecular weight excluding hydrogens is 324 g/mol. The molecule has 0 aromatic heterocycles. The molecular formula is C17H34N4O4. The van der Waals surface area contributed by atoms with Crippen LogP contribution in [0.1, 0.15) is 72.6 Å². The van der Waals surface area contributed by atoms with E-state index >= 15 is 0 Å². The molecule has 0 aromatic carbocycles. The highest BCUT2D eigenvalue weighted by Gasteiger charge is 2.24. The first-order valence-electron chi connectivity index (χ1n) is 8.98. The van der Waals surface area contributed by atoms with Gasteiger partial charge in [0, 0.05) is 6.42 Å². The van der Waals surface area contributed by atoms with Crippen LogP contribution in [0.5, 0.6) is 0 Å². The second kappa shape index (κ2) is 12.5. The Balaban J connectivity index is 4.38. The minimum absolute atomic E-state index is 0.267. The zero-order valence-corrected chi connectivity index (χ0v) is 15.9. The molecule has 5 N–H and O–H groups in total. The third-order valence-electron chi connectivity index (χ3n) is 3.29. The van der Waals surface area contributed by atoms with Crippen LogP contribution in [0.25, 0.3) is 0 Å². The van der Waals surface area contributed by atoms with Gasteiger partial charge in [0.1, 0.15) is 11.6 Å². The lowest BCUT2D eigenvalue weighted by molar-refractivity contribution is -0.130. The summed E-state index contributed by atoms with van der Waals surface area (Å²) in [5.41, 5.74) is 9.49. The van der Waals surface area contributed by atoms with Crippen molar-refractivity contribution in [1.29, 1.82) is 0 Å². The summed E-state index contributed by atoms with van der Waals surface area (Å²) in [5, 5.41) is 2.55. The molecule has 0 fully saturated rings. The van der Waals surface area contributed by atoms with Gasteiger partial charge < -0.3 is 15.8 Å². The van der Waals surface area contributed by atoms with E-state index in [1.165, 1.54) is 0 Å². The summed E-state index contributed by atoms with van der Waals surface area (Å²) in [7, 11) is 0. The maximum atomic E-state index is 12.2. The van der Waals surface area contributed by atoms with Crippen LogP contribution in [0.4, 0.5) is 4.79 Å². The molecule has 0 aliphatic rings. The smallest absolute Gasteiger partial charge is 0.408 e. The molecule has 1 unspecified atom stereocenters. The predicted molar refractivity (Wildman–Crippen MR) is 96.5 cm³/mol. The topological polar surface area (TPSA) is 123 Å². The Labute approximate surface area is 150 Å². The van der Waals surface area contributed by atoms with Gasteiger partial charge in [0.15, 0.2) is 0 Å². The van der Waals surface area contributed by atoms with E-state index in [0.29, 0.717) is 25.8 Å². The molecule has 0 aliphatic heterocycles. The van der Waals surface area contributed by atoms with Crippen molar-refractivity contribution in [3.8, 4) is 0 Å². The number of rotatable bonds is 10. The molecule has 0 rings (SSSR count).